The molecule has 0 aliphatic rings. The zero-order valence-corrected chi connectivity index (χ0v) is 8.81. The van der Waals surface area contributed by atoms with Gasteiger partial charge in [-0.3, -0.25) is 0 Å². The summed E-state index contributed by atoms with van der Waals surface area (Å²) in [6.45, 7) is 0. The van der Waals surface area contributed by atoms with Gasteiger partial charge in [0.2, 0.25) is 0 Å². The highest BCUT2D eigenvalue weighted by Crippen LogP contribution is 2.21. The second-order valence-electron chi connectivity index (χ2n) is 2.46. The lowest BCUT2D eigenvalue weighted by molar-refractivity contribution is 0.228. The first kappa shape index (κ1) is 10.9. The highest BCUT2D eigenvalue weighted by molar-refractivity contribution is 6.55. The Bertz CT molecular complexity index is 318. The van der Waals surface area contributed by atoms with Gasteiger partial charge in [0.15, 0.2) is 0 Å². The first-order chi connectivity index (χ1) is 6.09. The average molecular weight is 238 g/mol. The van der Waals surface area contributed by atoms with E-state index in [4.69, 9.17) is 34.8 Å². The van der Waals surface area contributed by atoms with E-state index in [1.165, 1.54) is 6.08 Å². The van der Waals surface area contributed by atoms with Gasteiger partial charge < -0.3 is 5.11 Å². The van der Waals surface area contributed by atoms with Crippen LogP contribution in [0.1, 0.15) is 11.7 Å². The van der Waals surface area contributed by atoms with Crippen molar-refractivity contribution in [2.75, 3.05) is 0 Å². The van der Waals surface area contributed by atoms with Crippen molar-refractivity contribution in [1.29, 1.82) is 0 Å². The van der Waals surface area contributed by atoms with Crippen LogP contribution in [-0.2, 0) is 0 Å². The van der Waals surface area contributed by atoms with Crippen LogP contribution >= 0.6 is 34.8 Å². The highest BCUT2D eigenvalue weighted by Gasteiger charge is 2.04. The molecule has 0 bridgehead atoms. The van der Waals surface area contributed by atoms with Crippen LogP contribution in [0.25, 0.3) is 0 Å². The second-order valence-corrected chi connectivity index (χ2v) is 3.90. The molecule has 1 rings (SSSR count). The van der Waals surface area contributed by atoms with Gasteiger partial charge in [0.05, 0.1) is 6.10 Å². The summed E-state index contributed by atoms with van der Waals surface area (Å²) < 4.78 is 0.0347. The summed E-state index contributed by atoms with van der Waals surface area (Å²) in [7, 11) is 0. The van der Waals surface area contributed by atoms with Gasteiger partial charge >= 0.3 is 0 Å². The Kier molecular flexibility index (Phi) is 4.07. The number of benzene rings is 1. The van der Waals surface area contributed by atoms with Crippen LogP contribution < -0.4 is 0 Å². The van der Waals surface area contributed by atoms with Crippen molar-refractivity contribution >= 4 is 34.8 Å². The fraction of sp³-hybridized carbons (Fsp3) is 0.111. The molecule has 0 heterocycles. The normalized spacial score (nSPS) is 12.3. The molecule has 0 saturated carbocycles. The number of rotatable bonds is 2. The molecular formula is C9H7Cl3O. The summed E-state index contributed by atoms with van der Waals surface area (Å²) in [5.41, 5.74) is 0.659. The lowest BCUT2D eigenvalue weighted by atomic mass is 10.1. The second kappa shape index (κ2) is 4.87. The van der Waals surface area contributed by atoms with Gasteiger partial charge in [0, 0.05) is 5.02 Å². The predicted octanol–water partition coefficient (Wildman–Crippen LogP) is 3.69. The molecule has 0 amide bonds. The van der Waals surface area contributed by atoms with Crippen molar-refractivity contribution in [3.63, 3.8) is 0 Å². The quantitative estimate of drug-likeness (QED) is 0.832. The zero-order valence-electron chi connectivity index (χ0n) is 6.55. The summed E-state index contributed by atoms with van der Waals surface area (Å²) in [6.07, 6.45) is 0.512. The molecule has 0 aliphatic heterocycles. The van der Waals surface area contributed by atoms with Gasteiger partial charge in [-0.25, -0.2) is 0 Å². The van der Waals surface area contributed by atoms with Gasteiger partial charge in [0.1, 0.15) is 4.49 Å². The first-order valence-corrected chi connectivity index (χ1v) is 4.69. The van der Waals surface area contributed by atoms with Gasteiger partial charge in [-0.15, -0.1) is 0 Å². The number of hydrogen-bond donors (Lipinski definition) is 1. The SMILES string of the molecule is OC(C=C(Cl)Cl)c1cccc(Cl)c1. The number of halogens is 3. The third kappa shape index (κ3) is 3.57. The van der Waals surface area contributed by atoms with Crippen molar-refractivity contribution in [1.82, 2.24) is 0 Å². The summed E-state index contributed by atoms with van der Waals surface area (Å²) >= 11 is 16.5. The fourth-order valence-electron chi connectivity index (χ4n) is 0.906. The van der Waals surface area contributed by atoms with Gasteiger partial charge in [-0.2, -0.15) is 0 Å². The van der Waals surface area contributed by atoms with Crippen molar-refractivity contribution in [3.05, 3.63) is 45.4 Å². The Hall–Kier alpha value is -0.210. The fourth-order valence-corrected chi connectivity index (χ4v) is 1.34. The Balaban J connectivity index is 2.89. The monoisotopic (exact) mass is 236 g/mol. The zero-order chi connectivity index (χ0) is 9.84. The van der Waals surface area contributed by atoms with Gasteiger partial charge in [-0.05, 0) is 23.8 Å². The maximum Gasteiger partial charge on any atom is 0.105 e. The molecule has 1 aromatic rings. The van der Waals surface area contributed by atoms with E-state index in [-0.39, 0.29) is 4.49 Å². The van der Waals surface area contributed by atoms with E-state index in [2.05, 4.69) is 0 Å². The van der Waals surface area contributed by atoms with Crippen LogP contribution in [0, 0.1) is 0 Å². The minimum atomic E-state index is -0.816. The molecule has 1 atom stereocenters. The minimum absolute atomic E-state index is 0.0347. The van der Waals surface area contributed by atoms with E-state index in [1.807, 2.05) is 0 Å². The van der Waals surface area contributed by atoms with Gasteiger partial charge in [0.25, 0.3) is 0 Å². The summed E-state index contributed by atoms with van der Waals surface area (Å²) in [4.78, 5) is 0. The van der Waals surface area contributed by atoms with E-state index >= 15 is 0 Å². The molecule has 1 nitrogen and oxygen atoms in total. The number of aliphatic hydroxyl groups is 1. The average Bonchev–Trinajstić information content (AvgIpc) is 2.03. The molecule has 0 aromatic heterocycles. The largest absolute Gasteiger partial charge is 0.384 e. The van der Waals surface area contributed by atoms with E-state index < -0.39 is 6.10 Å². The van der Waals surface area contributed by atoms with Crippen LogP contribution in [0.2, 0.25) is 5.02 Å². The molecule has 0 fully saturated rings. The van der Waals surface area contributed by atoms with Gasteiger partial charge in [-0.1, -0.05) is 46.9 Å². The van der Waals surface area contributed by atoms with E-state index in [0.717, 1.165) is 0 Å². The number of aliphatic hydroxyl groups excluding tert-OH is 1. The summed E-state index contributed by atoms with van der Waals surface area (Å²) in [5, 5.41) is 10.1. The lowest BCUT2D eigenvalue weighted by Gasteiger charge is -2.05. The molecule has 4 heteroatoms. The molecule has 0 saturated heterocycles. The molecule has 0 aliphatic carbocycles. The Morgan fingerprint density at radius 3 is 2.62 bits per heavy atom. The molecule has 0 radical (unpaired) electrons. The number of hydrogen-bond acceptors (Lipinski definition) is 1. The van der Waals surface area contributed by atoms with Crippen molar-refractivity contribution in [3.8, 4) is 0 Å². The van der Waals surface area contributed by atoms with Crippen LogP contribution in [0.15, 0.2) is 34.8 Å². The van der Waals surface area contributed by atoms with E-state index in [9.17, 15) is 5.11 Å². The molecule has 1 aromatic carbocycles. The van der Waals surface area contributed by atoms with E-state index in [0.29, 0.717) is 10.6 Å². The lowest BCUT2D eigenvalue weighted by Crippen LogP contribution is -1.92. The smallest absolute Gasteiger partial charge is 0.105 e. The third-order valence-electron chi connectivity index (χ3n) is 1.47. The Morgan fingerprint density at radius 1 is 1.38 bits per heavy atom. The van der Waals surface area contributed by atoms with Crippen LogP contribution in [0.5, 0.6) is 0 Å². The standard InChI is InChI=1S/C9H7Cl3O/c10-7-3-1-2-6(4-7)8(13)5-9(11)12/h1-5,8,13H. The maximum atomic E-state index is 9.51. The van der Waals surface area contributed by atoms with E-state index in [1.54, 1.807) is 24.3 Å². The first-order valence-electron chi connectivity index (χ1n) is 3.56. The van der Waals surface area contributed by atoms with Crippen molar-refractivity contribution in [2.45, 2.75) is 6.10 Å². The molecule has 70 valence electrons. The summed E-state index contributed by atoms with van der Waals surface area (Å²) in [6, 6.07) is 6.86. The molecular weight excluding hydrogens is 230 g/mol. The molecule has 1 unspecified atom stereocenters. The third-order valence-corrected chi connectivity index (χ3v) is 1.96. The van der Waals surface area contributed by atoms with Crippen molar-refractivity contribution < 1.29 is 5.11 Å². The Labute approximate surface area is 91.5 Å². The predicted molar refractivity (Wildman–Crippen MR) is 56.2 cm³/mol. The topological polar surface area (TPSA) is 20.2 Å². The summed E-state index contributed by atoms with van der Waals surface area (Å²) in [5.74, 6) is 0. The van der Waals surface area contributed by atoms with Crippen molar-refractivity contribution in [2.24, 2.45) is 0 Å². The Morgan fingerprint density at radius 2 is 2.08 bits per heavy atom. The van der Waals surface area contributed by atoms with Crippen LogP contribution in [-0.4, -0.2) is 5.11 Å². The maximum absolute atomic E-state index is 9.51. The highest BCUT2D eigenvalue weighted by atomic mass is 35.5. The van der Waals surface area contributed by atoms with Crippen LogP contribution in [0.3, 0.4) is 0 Å². The molecule has 1 N–H and O–H groups in total. The molecule has 0 spiro atoms. The van der Waals surface area contributed by atoms with Crippen LogP contribution in [0.4, 0.5) is 0 Å². The minimum Gasteiger partial charge on any atom is -0.384 e. The molecule has 13 heavy (non-hydrogen) atoms.